The number of nitrogens with zero attached hydrogens (tertiary/aromatic N) is 2. The van der Waals surface area contributed by atoms with Gasteiger partial charge >= 0.3 is 0 Å². The first-order valence-corrected chi connectivity index (χ1v) is 9.27. The number of para-hydroxylation sites is 1. The zero-order valence-corrected chi connectivity index (χ0v) is 16.8. The van der Waals surface area contributed by atoms with E-state index >= 15 is 0 Å². The largest absolute Gasteiger partial charge is 0.325 e. The number of carbonyl (C=O) groups is 2. The normalized spacial score (nSPS) is 11.9. The van der Waals surface area contributed by atoms with Crippen LogP contribution in [-0.4, -0.2) is 42.9 Å². The van der Waals surface area contributed by atoms with Crippen molar-refractivity contribution in [2.75, 3.05) is 30.4 Å². The fraction of sp³-hybridized carbons (Fsp3) is 0.364. The molecule has 0 unspecified atom stereocenters. The predicted molar refractivity (Wildman–Crippen MR) is 111 cm³/mol. The van der Waals surface area contributed by atoms with Gasteiger partial charge in [-0.15, -0.1) is 0 Å². The van der Waals surface area contributed by atoms with E-state index in [0.717, 1.165) is 22.5 Å². The minimum Gasteiger partial charge on any atom is -0.325 e. The summed E-state index contributed by atoms with van der Waals surface area (Å²) in [6.07, 6.45) is 0. The lowest BCUT2D eigenvalue weighted by Gasteiger charge is -2.29. The number of carbonyl (C=O) groups excluding carboxylic acids is 2. The molecular weight excluding hydrogens is 338 g/mol. The van der Waals surface area contributed by atoms with Crippen LogP contribution < -0.4 is 10.2 Å². The lowest BCUT2D eigenvalue weighted by Crippen LogP contribution is -2.48. The number of amides is 2. The van der Waals surface area contributed by atoms with Crippen molar-refractivity contribution in [2.24, 2.45) is 0 Å². The van der Waals surface area contributed by atoms with Crippen LogP contribution in [0.15, 0.2) is 48.5 Å². The summed E-state index contributed by atoms with van der Waals surface area (Å²) in [7, 11) is 1.80. The van der Waals surface area contributed by atoms with Gasteiger partial charge in [-0.3, -0.25) is 14.5 Å². The van der Waals surface area contributed by atoms with Gasteiger partial charge in [0.2, 0.25) is 11.8 Å². The number of aryl methyl sites for hydroxylation is 1. The molecule has 2 aromatic carbocycles. The van der Waals surface area contributed by atoms with Crippen LogP contribution in [-0.2, 0) is 9.59 Å². The Kier molecular flexibility index (Phi) is 7.13. The standard InChI is InChI=1S/C22H29N3O2/c1-6-25(19-12-8-7-9-13-19)22(27)18(4)24(5)15-21(26)23-20-14-10-11-16(2)17(20)3/h7-14,18H,6,15H2,1-5H3,(H,23,26)/t18-/m0/s1. The third-order valence-corrected chi connectivity index (χ3v) is 4.94. The number of benzene rings is 2. The topological polar surface area (TPSA) is 52.7 Å². The van der Waals surface area contributed by atoms with Crippen LogP contribution in [0.2, 0.25) is 0 Å². The van der Waals surface area contributed by atoms with E-state index in [1.54, 1.807) is 16.8 Å². The maximum atomic E-state index is 12.9. The predicted octanol–water partition coefficient (Wildman–Crippen LogP) is 3.62. The second-order valence-electron chi connectivity index (χ2n) is 6.80. The first-order valence-electron chi connectivity index (χ1n) is 9.27. The van der Waals surface area contributed by atoms with Crippen molar-refractivity contribution in [1.82, 2.24) is 4.90 Å². The van der Waals surface area contributed by atoms with Crippen molar-refractivity contribution in [3.8, 4) is 0 Å². The van der Waals surface area contributed by atoms with Crippen LogP contribution in [0.4, 0.5) is 11.4 Å². The molecule has 1 atom stereocenters. The summed E-state index contributed by atoms with van der Waals surface area (Å²) in [5.41, 5.74) is 3.86. The first kappa shape index (κ1) is 20.6. The molecule has 2 rings (SSSR count). The Bertz CT molecular complexity index is 789. The molecule has 0 aliphatic carbocycles. The van der Waals surface area contributed by atoms with Gasteiger partial charge in [-0.2, -0.15) is 0 Å². The third kappa shape index (κ3) is 5.17. The molecule has 0 saturated heterocycles. The fourth-order valence-electron chi connectivity index (χ4n) is 2.93. The van der Waals surface area contributed by atoms with E-state index in [1.165, 1.54) is 0 Å². The zero-order valence-electron chi connectivity index (χ0n) is 16.8. The fourth-order valence-corrected chi connectivity index (χ4v) is 2.93. The molecule has 0 radical (unpaired) electrons. The number of likely N-dealkylation sites (N-methyl/N-ethyl adjacent to an activating group) is 2. The van der Waals surface area contributed by atoms with Crippen LogP contribution >= 0.6 is 0 Å². The Hall–Kier alpha value is -2.66. The summed E-state index contributed by atoms with van der Waals surface area (Å²) in [6.45, 7) is 8.51. The highest BCUT2D eigenvalue weighted by Gasteiger charge is 2.25. The Balaban J connectivity index is 2.01. The Morgan fingerprint density at radius 1 is 1.04 bits per heavy atom. The summed E-state index contributed by atoms with van der Waals surface area (Å²) in [4.78, 5) is 28.9. The minimum absolute atomic E-state index is 0.0225. The Labute approximate surface area is 162 Å². The average molecular weight is 367 g/mol. The van der Waals surface area contributed by atoms with Gasteiger partial charge in [0.1, 0.15) is 0 Å². The molecule has 0 aliphatic rings. The molecular formula is C22H29N3O2. The molecule has 0 spiro atoms. The molecule has 0 saturated carbocycles. The highest BCUT2D eigenvalue weighted by Crippen LogP contribution is 2.18. The minimum atomic E-state index is -0.408. The van der Waals surface area contributed by atoms with Gasteiger partial charge in [0.25, 0.3) is 0 Å². The summed E-state index contributed by atoms with van der Waals surface area (Å²) < 4.78 is 0. The summed E-state index contributed by atoms with van der Waals surface area (Å²) in [5.74, 6) is -0.153. The summed E-state index contributed by atoms with van der Waals surface area (Å²) in [5, 5.41) is 2.95. The third-order valence-electron chi connectivity index (χ3n) is 4.94. The van der Waals surface area contributed by atoms with Crippen molar-refractivity contribution < 1.29 is 9.59 Å². The molecule has 0 fully saturated rings. The number of anilines is 2. The van der Waals surface area contributed by atoms with Crippen LogP contribution in [0.1, 0.15) is 25.0 Å². The molecule has 144 valence electrons. The number of hydrogen-bond donors (Lipinski definition) is 1. The number of nitrogens with one attached hydrogen (secondary N) is 1. The average Bonchev–Trinajstić information content (AvgIpc) is 2.66. The second kappa shape index (κ2) is 9.33. The van der Waals surface area contributed by atoms with E-state index in [9.17, 15) is 9.59 Å². The van der Waals surface area contributed by atoms with Gasteiger partial charge < -0.3 is 10.2 Å². The molecule has 2 amide bonds. The van der Waals surface area contributed by atoms with Crippen LogP contribution in [0.3, 0.4) is 0 Å². The van der Waals surface area contributed by atoms with Gasteiger partial charge in [0.05, 0.1) is 12.6 Å². The van der Waals surface area contributed by atoms with E-state index in [2.05, 4.69) is 5.32 Å². The lowest BCUT2D eigenvalue weighted by molar-refractivity contribution is -0.124. The Morgan fingerprint density at radius 2 is 1.70 bits per heavy atom. The number of rotatable bonds is 7. The summed E-state index contributed by atoms with van der Waals surface area (Å²) in [6, 6.07) is 15.0. The van der Waals surface area contributed by atoms with Crippen molar-refractivity contribution >= 4 is 23.2 Å². The van der Waals surface area contributed by atoms with Gasteiger partial charge in [0.15, 0.2) is 0 Å². The van der Waals surface area contributed by atoms with E-state index in [1.807, 2.05) is 76.2 Å². The number of hydrogen-bond acceptors (Lipinski definition) is 3. The molecule has 0 aromatic heterocycles. The maximum Gasteiger partial charge on any atom is 0.244 e. The van der Waals surface area contributed by atoms with Crippen molar-refractivity contribution in [3.63, 3.8) is 0 Å². The molecule has 27 heavy (non-hydrogen) atoms. The highest BCUT2D eigenvalue weighted by atomic mass is 16.2. The van der Waals surface area contributed by atoms with Gasteiger partial charge in [-0.1, -0.05) is 30.3 Å². The van der Waals surface area contributed by atoms with E-state index in [4.69, 9.17) is 0 Å². The van der Waals surface area contributed by atoms with Gasteiger partial charge in [0, 0.05) is 17.9 Å². The van der Waals surface area contributed by atoms with E-state index < -0.39 is 6.04 Å². The van der Waals surface area contributed by atoms with Crippen molar-refractivity contribution in [2.45, 2.75) is 33.7 Å². The molecule has 2 aromatic rings. The quantitative estimate of drug-likeness (QED) is 0.813. The zero-order chi connectivity index (χ0) is 20.0. The van der Waals surface area contributed by atoms with Crippen LogP contribution in [0, 0.1) is 13.8 Å². The van der Waals surface area contributed by atoms with E-state index in [0.29, 0.717) is 6.54 Å². The van der Waals surface area contributed by atoms with Crippen molar-refractivity contribution in [3.05, 3.63) is 59.7 Å². The molecule has 5 heteroatoms. The van der Waals surface area contributed by atoms with Gasteiger partial charge in [-0.05, 0) is 64.1 Å². The summed E-state index contributed by atoms with van der Waals surface area (Å²) >= 11 is 0. The second-order valence-corrected chi connectivity index (χ2v) is 6.80. The van der Waals surface area contributed by atoms with Gasteiger partial charge in [-0.25, -0.2) is 0 Å². The first-order chi connectivity index (χ1) is 12.8. The molecule has 1 N–H and O–H groups in total. The monoisotopic (exact) mass is 367 g/mol. The SMILES string of the molecule is CCN(C(=O)[C@H](C)N(C)CC(=O)Nc1cccc(C)c1C)c1ccccc1. The molecule has 0 heterocycles. The molecule has 0 bridgehead atoms. The smallest absolute Gasteiger partial charge is 0.244 e. The maximum absolute atomic E-state index is 12.9. The highest BCUT2D eigenvalue weighted by molar-refractivity contribution is 5.98. The lowest BCUT2D eigenvalue weighted by atomic mass is 10.1. The van der Waals surface area contributed by atoms with E-state index in [-0.39, 0.29) is 18.4 Å². The van der Waals surface area contributed by atoms with Crippen LogP contribution in [0.5, 0.6) is 0 Å². The Morgan fingerprint density at radius 3 is 2.33 bits per heavy atom. The molecule has 5 nitrogen and oxygen atoms in total. The van der Waals surface area contributed by atoms with Crippen molar-refractivity contribution in [1.29, 1.82) is 0 Å². The molecule has 0 aliphatic heterocycles. The van der Waals surface area contributed by atoms with Crippen LogP contribution in [0.25, 0.3) is 0 Å².